The smallest absolute Gasteiger partial charge is 0.255 e. The van der Waals surface area contributed by atoms with E-state index in [1.54, 1.807) is 16.8 Å². The first kappa shape index (κ1) is 16.7. The molecule has 0 radical (unpaired) electrons. The Morgan fingerprint density at radius 2 is 1.92 bits per heavy atom. The molecule has 8 nitrogen and oxygen atoms in total. The molecule has 3 aromatic rings. The lowest BCUT2D eigenvalue weighted by Crippen LogP contribution is -2.49. The van der Waals surface area contributed by atoms with Gasteiger partial charge in [0.1, 0.15) is 6.33 Å². The van der Waals surface area contributed by atoms with Gasteiger partial charge in [0, 0.05) is 32.7 Å². The number of carbonyl (C=O) groups excluding carboxylic acids is 1. The van der Waals surface area contributed by atoms with E-state index >= 15 is 0 Å². The van der Waals surface area contributed by atoms with Crippen molar-refractivity contribution in [1.82, 2.24) is 29.9 Å². The average molecular weight is 372 g/mol. The molecule has 3 heterocycles. The lowest BCUT2D eigenvalue weighted by Gasteiger charge is -2.35. The molecular weight excluding hydrogens is 354 g/mol. The molecule has 134 valence electrons. The minimum absolute atomic E-state index is 0.0417. The van der Waals surface area contributed by atoms with Crippen molar-refractivity contribution >= 4 is 34.5 Å². The number of hydrogen-bond acceptors (Lipinski definition) is 6. The van der Waals surface area contributed by atoms with E-state index in [9.17, 15) is 4.79 Å². The van der Waals surface area contributed by atoms with Crippen molar-refractivity contribution in [3.63, 3.8) is 0 Å². The van der Waals surface area contributed by atoms with E-state index in [0.29, 0.717) is 48.8 Å². The second kappa shape index (κ2) is 6.87. The van der Waals surface area contributed by atoms with Gasteiger partial charge in [0.2, 0.25) is 0 Å². The van der Waals surface area contributed by atoms with Crippen LogP contribution in [0.15, 0.2) is 30.6 Å². The predicted octanol–water partition coefficient (Wildman–Crippen LogP) is 1.86. The highest BCUT2D eigenvalue weighted by atomic mass is 35.5. The Labute approximate surface area is 155 Å². The zero-order chi connectivity index (χ0) is 18.1. The molecule has 1 aliphatic rings. The first-order valence-electron chi connectivity index (χ1n) is 8.52. The van der Waals surface area contributed by atoms with Gasteiger partial charge in [0.25, 0.3) is 5.91 Å². The predicted molar refractivity (Wildman–Crippen MR) is 98.4 cm³/mol. The molecule has 0 saturated carbocycles. The van der Waals surface area contributed by atoms with E-state index < -0.39 is 0 Å². The van der Waals surface area contributed by atoms with Crippen molar-refractivity contribution in [2.45, 2.75) is 13.5 Å². The molecule has 4 rings (SSSR count). The number of rotatable bonds is 3. The fourth-order valence-electron chi connectivity index (χ4n) is 3.15. The van der Waals surface area contributed by atoms with Crippen LogP contribution in [0.2, 0.25) is 5.02 Å². The molecule has 1 amide bonds. The second-order valence-electron chi connectivity index (χ2n) is 6.03. The van der Waals surface area contributed by atoms with Crippen LogP contribution in [0.1, 0.15) is 17.3 Å². The lowest BCUT2D eigenvalue weighted by atomic mass is 10.2. The van der Waals surface area contributed by atoms with Gasteiger partial charge in [-0.3, -0.25) is 4.79 Å². The highest BCUT2D eigenvalue weighted by Crippen LogP contribution is 2.23. The standard InChI is InChI=1S/C17H18ClN7O/c1-2-25-16-14(21-22-25)15(19-11-20-16)23-7-9-24(10-8-23)17(26)12-5-3-4-6-13(12)18/h3-6,11H,2,7-10H2,1H3. The molecule has 9 heteroatoms. The van der Waals surface area contributed by atoms with Crippen LogP contribution in [0, 0.1) is 0 Å². The van der Waals surface area contributed by atoms with Gasteiger partial charge in [-0.05, 0) is 19.1 Å². The van der Waals surface area contributed by atoms with Crippen molar-refractivity contribution in [1.29, 1.82) is 0 Å². The summed E-state index contributed by atoms with van der Waals surface area (Å²) in [6.07, 6.45) is 1.54. The molecule has 1 fully saturated rings. The fraction of sp³-hybridized carbons (Fsp3) is 0.353. The molecule has 2 aromatic heterocycles. The fourth-order valence-corrected chi connectivity index (χ4v) is 3.37. The van der Waals surface area contributed by atoms with Crippen LogP contribution < -0.4 is 4.90 Å². The molecule has 26 heavy (non-hydrogen) atoms. The van der Waals surface area contributed by atoms with Gasteiger partial charge in [-0.15, -0.1) is 5.10 Å². The summed E-state index contributed by atoms with van der Waals surface area (Å²) in [7, 11) is 0. The maximum absolute atomic E-state index is 12.7. The number of halogens is 1. The average Bonchev–Trinajstić information content (AvgIpc) is 3.11. The number of fused-ring (bicyclic) bond motifs is 1. The van der Waals surface area contributed by atoms with Gasteiger partial charge in [0.05, 0.1) is 10.6 Å². The maximum Gasteiger partial charge on any atom is 0.255 e. The summed E-state index contributed by atoms with van der Waals surface area (Å²) >= 11 is 6.15. The van der Waals surface area contributed by atoms with Gasteiger partial charge in [-0.1, -0.05) is 28.9 Å². The minimum atomic E-state index is -0.0417. The zero-order valence-electron chi connectivity index (χ0n) is 14.3. The molecule has 0 aliphatic carbocycles. The van der Waals surface area contributed by atoms with E-state index in [2.05, 4.69) is 25.2 Å². The molecule has 0 spiro atoms. The molecule has 1 saturated heterocycles. The van der Waals surface area contributed by atoms with Crippen molar-refractivity contribution in [2.75, 3.05) is 31.1 Å². The van der Waals surface area contributed by atoms with Crippen molar-refractivity contribution < 1.29 is 4.79 Å². The van der Waals surface area contributed by atoms with Crippen LogP contribution in [-0.4, -0.2) is 61.9 Å². The largest absolute Gasteiger partial charge is 0.351 e. The van der Waals surface area contributed by atoms with E-state index in [0.717, 1.165) is 11.5 Å². The van der Waals surface area contributed by atoms with Crippen LogP contribution in [0.5, 0.6) is 0 Å². The summed E-state index contributed by atoms with van der Waals surface area (Å²) in [6, 6.07) is 7.14. The molecule has 0 unspecified atom stereocenters. The molecule has 1 aromatic carbocycles. The van der Waals surface area contributed by atoms with Gasteiger partial charge >= 0.3 is 0 Å². The number of anilines is 1. The summed E-state index contributed by atoms with van der Waals surface area (Å²) in [5.41, 5.74) is 1.96. The Morgan fingerprint density at radius 1 is 1.15 bits per heavy atom. The Morgan fingerprint density at radius 3 is 2.65 bits per heavy atom. The Hall–Kier alpha value is -2.74. The SMILES string of the molecule is CCn1nnc2c(N3CCN(C(=O)c4ccccc4Cl)CC3)ncnc21. The van der Waals surface area contributed by atoms with E-state index in [1.165, 1.54) is 6.33 Å². The van der Waals surface area contributed by atoms with Crippen LogP contribution in [0.3, 0.4) is 0 Å². The third-order valence-electron chi connectivity index (χ3n) is 4.55. The number of hydrogen-bond donors (Lipinski definition) is 0. The van der Waals surface area contributed by atoms with Gasteiger partial charge in [0.15, 0.2) is 17.0 Å². The normalized spacial score (nSPS) is 14.8. The Balaban J connectivity index is 1.52. The van der Waals surface area contributed by atoms with Crippen LogP contribution in [-0.2, 0) is 6.54 Å². The molecule has 0 bridgehead atoms. The quantitative estimate of drug-likeness (QED) is 0.699. The van der Waals surface area contributed by atoms with Crippen molar-refractivity contribution in [3.8, 4) is 0 Å². The van der Waals surface area contributed by atoms with Gasteiger partial charge in [-0.2, -0.15) is 0 Å². The third kappa shape index (κ3) is 2.86. The molecule has 0 atom stereocenters. The van der Waals surface area contributed by atoms with Gasteiger partial charge in [-0.25, -0.2) is 14.6 Å². The van der Waals surface area contributed by atoms with Gasteiger partial charge < -0.3 is 9.80 Å². The van der Waals surface area contributed by atoms with Crippen molar-refractivity contribution in [2.24, 2.45) is 0 Å². The van der Waals surface area contributed by atoms with Crippen LogP contribution in [0.25, 0.3) is 11.2 Å². The molecule has 1 aliphatic heterocycles. The highest BCUT2D eigenvalue weighted by Gasteiger charge is 2.26. The van der Waals surface area contributed by atoms with Crippen LogP contribution in [0.4, 0.5) is 5.82 Å². The number of amides is 1. The number of benzene rings is 1. The maximum atomic E-state index is 12.7. The number of nitrogens with zero attached hydrogens (tertiary/aromatic N) is 7. The number of carbonyl (C=O) groups is 1. The topological polar surface area (TPSA) is 80.0 Å². The van der Waals surface area contributed by atoms with E-state index in [-0.39, 0.29) is 5.91 Å². The third-order valence-corrected chi connectivity index (χ3v) is 4.88. The number of aromatic nitrogens is 5. The first-order valence-corrected chi connectivity index (χ1v) is 8.89. The summed E-state index contributed by atoms with van der Waals surface area (Å²) < 4.78 is 1.75. The van der Waals surface area contributed by atoms with Crippen LogP contribution >= 0.6 is 11.6 Å². The zero-order valence-corrected chi connectivity index (χ0v) is 15.1. The lowest BCUT2D eigenvalue weighted by molar-refractivity contribution is 0.0747. The summed E-state index contributed by atoms with van der Waals surface area (Å²) in [6.45, 7) is 5.22. The number of piperazine rings is 1. The number of aryl methyl sites for hydroxylation is 1. The first-order chi connectivity index (χ1) is 12.7. The summed E-state index contributed by atoms with van der Waals surface area (Å²) in [5.74, 6) is 0.722. The Bertz CT molecular complexity index is 949. The monoisotopic (exact) mass is 371 g/mol. The van der Waals surface area contributed by atoms with Crippen molar-refractivity contribution in [3.05, 3.63) is 41.2 Å². The highest BCUT2D eigenvalue weighted by molar-refractivity contribution is 6.33. The van der Waals surface area contributed by atoms with E-state index in [4.69, 9.17) is 11.6 Å². The summed E-state index contributed by atoms with van der Waals surface area (Å²) in [5, 5.41) is 8.83. The second-order valence-corrected chi connectivity index (χ2v) is 6.44. The molecule has 0 N–H and O–H groups in total. The molecular formula is C17H18ClN7O. The minimum Gasteiger partial charge on any atom is -0.351 e. The Kier molecular flexibility index (Phi) is 4.42. The summed E-state index contributed by atoms with van der Waals surface area (Å²) in [4.78, 5) is 25.3. The van der Waals surface area contributed by atoms with E-state index in [1.807, 2.05) is 24.0 Å².